The second kappa shape index (κ2) is 6.17. The zero-order valence-corrected chi connectivity index (χ0v) is 13.4. The van der Waals surface area contributed by atoms with Gasteiger partial charge in [0.2, 0.25) is 0 Å². The van der Waals surface area contributed by atoms with E-state index in [4.69, 9.17) is 10.5 Å². The standard InChI is InChI=1S/C18H29NO/c1-5-20-15-8-6-7-13(11-15)16-12-14(18(2,3)4)9-10-17(16)19/h6-8,11,14,16-17H,5,9-10,12,19H2,1-4H3. The molecule has 0 radical (unpaired) electrons. The highest BCUT2D eigenvalue weighted by Gasteiger charge is 2.35. The van der Waals surface area contributed by atoms with E-state index in [1.807, 2.05) is 13.0 Å². The first-order chi connectivity index (χ1) is 9.41. The molecule has 0 saturated heterocycles. The van der Waals surface area contributed by atoms with Gasteiger partial charge in [-0.2, -0.15) is 0 Å². The maximum atomic E-state index is 6.40. The van der Waals surface area contributed by atoms with Crippen LogP contribution in [0, 0.1) is 11.3 Å². The Morgan fingerprint density at radius 2 is 2.00 bits per heavy atom. The molecule has 20 heavy (non-hydrogen) atoms. The van der Waals surface area contributed by atoms with Crippen molar-refractivity contribution >= 4 is 0 Å². The zero-order chi connectivity index (χ0) is 14.8. The molecule has 1 fully saturated rings. The van der Waals surface area contributed by atoms with Crippen LogP contribution in [0.15, 0.2) is 24.3 Å². The fourth-order valence-corrected chi connectivity index (χ4v) is 3.37. The molecule has 112 valence electrons. The summed E-state index contributed by atoms with van der Waals surface area (Å²) in [5.74, 6) is 2.19. The number of hydrogen-bond acceptors (Lipinski definition) is 2. The summed E-state index contributed by atoms with van der Waals surface area (Å²) >= 11 is 0. The first kappa shape index (κ1) is 15.4. The quantitative estimate of drug-likeness (QED) is 0.890. The Morgan fingerprint density at radius 1 is 1.25 bits per heavy atom. The second-order valence-electron chi connectivity index (χ2n) is 7.15. The molecule has 0 spiro atoms. The van der Waals surface area contributed by atoms with Crippen molar-refractivity contribution in [2.45, 2.75) is 58.9 Å². The summed E-state index contributed by atoms with van der Waals surface area (Å²) in [5, 5.41) is 0. The first-order valence-electron chi connectivity index (χ1n) is 7.90. The number of ether oxygens (including phenoxy) is 1. The highest BCUT2D eigenvalue weighted by Crippen LogP contribution is 2.43. The van der Waals surface area contributed by atoms with E-state index in [2.05, 4.69) is 39.0 Å². The molecular formula is C18H29NO. The molecule has 1 saturated carbocycles. The number of hydrogen-bond donors (Lipinski definition) is 1. The van der Waals surface area contributed by atoms with Gasteiger partial charge in [-0.1, -0.05) is 32.9 Å². The maximum Gasteiger partial charge on any atom is 0.119 e. The normalized spacial score (nSPS) is 27.4. The lowest BCUT2D eigenvalue weighted by atomic mass is 9.66. The van der Waals surface area contributed by atoms with Crippen molar-refractivity contribution in [1.82, 2.24) is 0 Å². The lowest BCUT2D eigenvalue weighted by Gasteiger charge is -2.41. The lowest BCUT2D eigenvalue weighted by molar-refractivity contribution is 0.154. The third-order valence-corrected chi connectivity index (χ3v) is 4.73. The summed E-state index contributed by atoms with van der Waals surface area (Å²) in [6.07, 6.45) is 3.58. The van der Waals surface area contributed by atoms with E-state index in [1.54, 1.807) is 0 Å². The van der Waals surface area contributed by atoms with Crippen LogP contribution < -0.4 is 10.5 Å². The smallest absolute Gasteiger partial charge is 0.119 e. The van der Waals surface area contributed by atoms with E-state index in [-0.39, 0.29) is 6.04 Å². The highest BCUT2D eigenvalue weighted by molar-refractivity contribution is 5.32. The molecule has 1 aromatic carbocycles. The molecule has 0 bridgehead atoms. The van der Waals surface area contributed by atoms with Gasteiger partial charge in [0, 0.05) is 6.04 Å². The summed E-state index contributed by atoms with van der Waals surface area (Å²) < 4.78 is 5.63. The third kappa shape index (κ3) is 3.54. The van der Waals surface area contributed by atoms with Gasteiger partial charge >= 0.3 is 0 Å². The Kier molecular flexibility index (Phi) is 4.74. The van der Waals surface area contributed by atoms with Crippen molar-refractivity contribution in [3.05, 3.63) is 29.8 Å². The van der Waals surface area contributed by atoms with Crippen molar-refractivity contribution in [3.8, 4) is 5.75 Å². The number of nitrogens with two attached hydrogens (primary N) is 1. The monoisotopic (exact) mass is 275 g/mol. The van der Waals surface area contributed by atoms with Gasteiger partial charge in [0.25, 0.3) is 0 Å². The van der Waals surface area contributed by atoms with E-state index >= 15 is 0 Å². The van der Waals surface area contributed by atoms with Crippen LogP contribution in [0.25, 0.3) is 0 Å². The largest absolute Gasteiger partial charge is 0.494 e. The van der Waals surface area contributed by atoms with Crippen LogP contribution >= 0.6 is 0 Å². The molecule has 2 heteroatoms. The first-order valence-corrected chi connectivity index (χ1v) is 7.90. The highest BCUT2D eigenvalue weighted by atomic mass is 16.5. The zero-order valence-electron chi connectivity index (χ0n) is 13.4. The fourth-order valence-electron chi connectivity index (χ4n) is 3.37. The van der Waals surface area contributed by atoms with Gasteiger partial charge < -0.3 is 10.5 Å². The van der Waals surface area contributed by atoms with Crippen molar-refractivity contribution in [2.24, 2.45) is 17.1 Å². The minimum Gasteiger partial charge on any atom is -0.494 e. The van der Waals surface area contributed by atoms with Crippen molar-refractivity contribution in [1.29, 1.82) is 0 Å². The van der Waals surface area contributed by atoms with Gasteiger partial charge in [-0.25, -0.2) is 0 Å². The molecule has 3 atom stereocenters. The van der Waals surface area contributed by atoms with Crippen molar-refractivity contribution < 1.29 is 4.74 Å². The van der Waals surface area contributed by atoms with Crippen LogP contribution in [0.5, 0.6) is 5.75 Å². The SMILES string of the molecule is CCOc1cccc(C2CC(C(C)(C)C)CCC2N)c1. The number of benzene rings is 1. The molecule has 0 aromatic heterocycles. The molecule has 0 heterocycles. The van der Waals surface area contributed by atoms with E-state index < -0.39 is 0 Å². The minimum atomic E-state index is 0.283. The van der Waals surface area contributed by atoms with Gasteiger partial charge in [-0.15, -0.1) is 0 Å². The summed E-state index contributed by atoms with van der Waals surface area (Å²) in [7, 11) is 0. The maximum absolute atomic E-state index is 6.40. The Balaban J connectivity index is 2.18. The molecular weight excluding hydrogens is 246 g/mol. The molecule has 1 aliphatic carbocycles. The molecule has 2 N–H and O–H groups in total. The predicted octanol–water partition coefficient (Wildman–Crippen LogP) is 4.34. The average molecular weight is 275 g/mol. The Labute approximate surface area is 123 Å². The predicted molar refractivity (Wildman–Crippen MR) is 85.1 cm³/mol. The molecule has 0 amide bonds. The lowest BCUT2D eigenvalue weighted by Crippen LogP contribution is -2.38. The van der Waals surface area contributed by atoms with Crippen LogP contribution in [0.3, 0.4) is 0 Å². The van der Waals surface area contributed by atoms with Crippen LogP contribution in [-0.4, -0.2) is 12.6 Å². The van der Waals surface area contributed by atoms with E-state index in [1.165, 1.54) is 18.4 Å². The molecule has 2 rings (SSSR count). The third-order valence-electron chi connectivity index (χ3n) is 4.73. The molecule has 3 unspecified atom stereocenters. The van der Waals surface area contributed by atoms with Crippen molar-refractivity contribution in [2.75, 3.05) is 6.61 Å². The van der Waals surface area contributed by atoms with E-state index in [0.717, 1.165) is 18.1 Å². The van der Waals surface area contributed by atoms with Crippen molar-refractivity contribution in [3.63, 3.8) is 0 Å². The van der Waals surface area contributed by atoms with Gasteiger partial charge in [0.05, 0.1) is 6.61 Å². The summed E-state index contributed by atoms with van der Waals surface area (Å²) in [6, 6.07) is 8.79. The van der Waals surface area contributed by atoms with E-state index in [9.17, 15) is 0 Å². The molecule has 1 aliphatic rings. The summed E-state index contributed by atoms with van der Waals surface area (Å²) in [6.45, 7) is 9.78. The summed E-state index contributed by atoms with van der Waals surface area (Å²) in [5.41, 5.74) is 8.12. The molecule has 0 aliphatic heterocycles. The van der Waals surface area contributed by atoms with Gasteiger partial charge in [0.15, 0.2) is 0 Å². The van der Waals surface area contributed by atoms with Crippen LogP contribution in [0.2, 0.25) is 0 Å². The minimum absolute atomic E-state index is 0.283. The van der Waals surface area contributed by atoms with Crippen LogP contribution in [-0.2, 0) is 0 Å². The average Bonchev–Trinajstić information content (AvgIpc) is 2.38. The summed E-state index contributed by atoms with van der Waals surface area (Å²) in [4.78, 5) is 0. The van der Waals surface area contributed by atoms with Gasteiger partial charge in [-0.05, 0) is 61.1 Å². The van der Waals surface area contributed by atoms with Gasteiger partial charge in [0.1, 0.15) is 5.75 Å². The Hall–Kier alpha value is -1.02. The van der Waals surface area contributed by atoms with Gasteiger partial charge in [-0.3, -0.25) is 0 Å². The van der Waals surface area contributed by atoms with Crippen LogP contribution in [0.4, 0.5) is 0 Å². The Morgan fingerprint density at radius 3 is 2.65 bits per heavy atom. The molecule has 2 nitrogen and oxygen atoms in total. The topological polar surface area (TPSA) is 35.2 Å². The molecule has 1 aromatic rings. The Bertz CT molecular complexity index is 435. The van der Waals surface area contributed by atoms with Crippen LogP contribution in [0.1, 0.15) is 58.4 Å². The fraction of sp³-hybridized carbons (Fsp3) is 0.667. The second-order valence-corrected chi connectivity index (χ2v) is 7.15. The number of rotatable bonds is 3. The van der Waals surface area contributed by atoms with E-state index in [0.29, 0.717) is 17.9 Å².